The van der Waals surface area contributed by atoms with Crippen LogP contribution in [-0.2, 0) is 13.0 Å². The molecule has 1 aliphatic heterocycles. The van der Waals surface area contributed by atoms with E-state index in [4.69, 9.17) is 0 Å². The van der Waals surface area contributed by atoms with Gasteiger partial charge in [0.2, 0.25) is 0 Å². The van der Waals surface area contributed by atoms with Crippen molar-refractivity contribution in [2.75, 3.05) is 0 Å². The van der Waals surface area contributed by atoms with Gasteiger partial charge in [-0.05, 0) is 36.2 Å². The number of fused-ring (bicyclic) bond motifs is 2. The Morgan fingerprint density at radius 3 is 2.90 bits per heavy atom. The molecule has 0 bridgehead atoms. The molecule has 2 heterocycles. The van der Waals surface area contributed by atoms with Gasteiger partial charge in [0.15, 0.2) is 0 Å². The van der Waals surface area contributed by atoms with Crippen molar-refractivity contribution < 1.29 is 4.39 Å². The number of nitrogens with zero attached hydrogens (tertiary/aromatic N) is 1. The third kappa shape index (κ3) is 1.93. The first-order valence-electron chi connectivity index (χ1n) is 6.79. The van der Waals surface area contributed by atoms with Crippen molar-refractivity contribution >= 4 is 22.7 Å². The molecule has 0 radical (unpaired) electrons. The Morgan fingerprint density at radius 2 is 2.00 bits per heavy atom. The second-order valence-corrected chi connectivity index (χ2v) is 6.53. The molecule has 4 rings (SSSR count). The summed E-state index contributed by atoms with van der Waals surface area (Å²) >= 11 is 1.93. The van der Waals surface area contributed by atoms with E-state index in [2.05, 4.69) is 28.8 Å². The topological polar surface area (TPSA) is 4.93 Å². The number of thioether (sulfide) groups is 1. The molecule has 1 unspecified atom stereocenters. The second kappa shape index (κ2) is 4.67. The van der Waals surface area contributed by atoms with Crippen LogP contribution in [0.1, 0.15) is 5.56 Å². The molecule has 100 valence electrons. The van der Waals surface area contributed by atoms with Crippen molar-refractivity contribution in [1.82, 2.24) is 4.57 Å². The van der Waals surface area contributed by atoms with Gasteiger partial charge in [0, 0.05) is 28.3 Å². The van der Waals surface area contributed by atoms with Gasteiger partial charge in [0.1, 0.15) is 5.82 Å². The highest BCUT2D eigenvalue weighted by Crippen LogP contribution is 2.37. The lowest BCUT2D eigenvalue weighted by atomic mass is 10.1. The lowest BCUT2D eigenvalue weighted by Crippen LogP contribution is -2.11. The van der Waals surface area contributed by atoms with Crippen LogP contribution >= 0.6 is 11.8 Å². The van der Waals surface area contributed by atoms with E-state index in [-0.39, 0.29) is 5.82 Å². The number of aromatic nitrogens is 1. The van der Waals surface area contributed by atoms with Gasteiger partial charge in [-0.15, -0.1) is 11.8 Å². The van der Waals surface area contributed by atoms with Crippen molar-refractivity contribution in [3.63, 3.8) is 0 Å². The summed E-state index contributed by atoms with van der Waals surface area (Å²) in [6.45, 7) is 0.923. The molecular weight excluding hydrogens is 269 g/mol. The van der Waals surface area contributed by atoms with Gasteiger partial charge in [0.05, 0.1) is 5.52 Å². The van der Waals surface area contributed by atoms with E-state index in [0.717, 1.165) is 18.5 Å². The molecule has 20 heavy (non-hydrogen) atoms. The Bertz CT molecular complexity index is 753. The molecule has 0 amide bonds. The van der Waals surface area contributed by atoms with E-state index < -0.39 is 0 Å². The summed E-state index contributed by atoms with van der Waals surface area (Å²) < 4.78 is 15.9. The Morgan fingerprint density at radius 1 is 1.10 bits per heavy atom. The van der Waals surface area contributed by atoms with E-state index >= 15 is 0 Å². The lowest BCUT2D eigenvalue weighted by Gasteiger charge is -2.11. The van der Waals surface area contributed by atoms with E-state index in [0.29, 0.717) is 10.6 Å². The average Bonchev–Trinajstić information content (AvgIpc) is 3.04. The normalized spacial score (nSPS) is 17.6. The van der Waals surface area contributed by atoms with E-state index in [9.17, 15) is 4.39 Å². The largest absolute Gasteiger partial charge is 0.346 e. The molecule has 1 nitrogen and oxygen atoms in total. The highest BCUT2D eigenvalue weighted by molar-refractivity contribution is 8.00. The van der Waals surface area contributed by atoms with Gasteiger partial charge in [0.25, 0.3) is 0 Å². The SMILES string of the molecule is Fc1cccc2c1ccn2CC1Cc2ccccc2S1. The quantitative estimate of drug-likeness (QED) is 0.670. The predicted molar refractivity (Wildman–Crippen MR) is 81.7 cm³/mol. The van der Waals surface area contributed by atoms with Crippen LogP contribution in [0.5, 0.6) is 0 Å². The van der Waals surface area contributed by atoms with Crippen LogP contribution < -0.4 is 0 Å². The summed E-state index contributed by atoms with van der Waals surface area (Å²) in [7, 11) is 0. The number of halogens is 1. The molecule has 0 saturated carbocycles. The zero-order valence-corrected chi connectivity index (χ0v) is 11.7. The number of benzene rings is 2. The minimum Gasteiger partial charge on any atom is -0.346 e. The molecule has 0 spiro atoms. The highest BCUT2D eigenvalue weighted by Gasteiger charge is 2.22. The molecule has 0 saturated heterocycles. The third-order valence-electron chi connectivity index (χ3n) is 3.87. The molecule has 3 aromatic rings. The molecule has 1 aliphatic rings. The van der Waals surface area contributed by atoms with Crippen molar-refractivity contribution in [2.45, 2.75) is 23.1 Å². The summed E-state index contributed by atoms with van der Waals surface area (Å²) in [5, 5.41) is 1.25. The fraction of sp³-hybridized carbons (Fsp3) is 0.176. The van der Waals surface area contributed by atoms with Gasteiger partial charge in [-0.2, -0.15) is 0 Å². The van der Waals surface area contributed by atoms with Crippen LogP contribution in [0.25, 0.3) is 10.9 Å². The van der Waals surface area contributed by atoms with Crippen molar-refractivity contribution in [1.29, 1.82) is 0 Å². The van der Waals surface area contributed by atoms with Gasteiger partial charge in [-0.25, -0.2) is 4.39 Å². The van der Waals surface area contributed by atoms with Crippen LogP contribution in [0.4, 0.5) is 4.39 Å². The monoisotopic (exact) mass is 283 g/mol. The van der Waals surface area contributed by atoms with Gasteiger partial charge in [-0.1, -0.05) is 24.3 Å². The first-order chi connectivity index (χ1) is 9.81. The summed E-state index contributed by atoms with van der Waals surface area (Å²) in [6, 6.07) is 15.8. The Kier molecular flexibility index (Phi) is 2.81. The molecular formula is C17H14FNS. The summed E-state index contributed by atoms with van der Waals surface area (Å²) in [5.74, 6) is -0.136. The average molecular weight is 283 g/mol. The minimum atomic E-state index is -0.136. The van der Waals surface area contributed by atoms with Crippen LogP contribution in [-0.4, -0.2) is 9.82 Å². The van der Waals surface area contributed by atoms with Gasteiger partial charge >= 0.3 is 0 Å². The summed E-state index contributed by atoms with van der Waals surface area (Å²) in [6.07, 6.45) is 3.09. The second-order valence-electron chi connectivity index (χ2n) is 5.19. The lowest BCUT2D eigenvalue weighted by molar-refractivity contribution is 0.639. The number of hydrogen-bond donors (Lipinski definition) is 0. The zero-order chi connectivity index (χ0) is 13.5. The smallest absolute Gasteiger partial charge is 0.132 e. The Labute approximate surface area is 121 Å². The molecule has 0 aliphatic carbocycles. The Balaban J connectivity index is 1.62. The van der Waals surface area contributed by atoms with Gasteiger partial charge < -0.3 is 4.57 Å². The maximum Gasteiger partial charge on any atom is 0.132 e. The van der Waals surface area contributed by atoms with Crippen molar-refractivity contribution in [2.24, 2.45) is 0 Å². The first-order valence-corrected chi connectivity index (χ1v) is 7.67. The van der Waals surface area contributed by atoms with E-state index in [1.165, 1.54) is 16.5 Å². The summed E-state index contributed by atoms with van der Waals surface area (Å²) in [5.41, 5.74) is 2.42. The molecule has 0 fully saturated rings. The van der Waals surface area contributed by atoms with Crippen molar-refractivity contribution in [3.8, 4) is 0 Å². The minimum absolute atomic E-state index is 0.136. The zero-order valence-electron chi connectivity index (χ0n) is 10.9. The third-order valence-corrected chi connectivity index (χ3v) is 5.18. The maximum absolute atomic E-state index is 13.7. The van der Waals surface area contributed by atoms with Crippen LogP contribution in [0.3, 0.4) is 0 Å². The fourth-order valence-corrected chi connectivity index (χ4v) is 4.24. The maximum atomic E-state index is 13.7. The number of hydrogen-bond acceptors (Lipinski definition) is 1. The van der Waals surface area contributed by atoms with Crippen LogP contribution in [0.2, 0.25) is 0 Å². The predicted octanol–water partition coefficient (Wildman–Crippen LogP) is 4.50. The number of rotatable bonds is 2. The van der Waals surface area contributed by atoms with Crippen LogP contribution in [0.15, 0.2) is 59.6 Å². The molecule has 2 aromatic carbocycles. The first kappa shape index (κ1) is 12.0. The molecule has 1 atom stereocenters. The fourth-order valence-electron chi connectivity index (χ4n) is 2.92. The van der Waals surface area contributed by atoms with E-state index in [1.54, 1.807) is 6.07 Å². The molecule has 0 N–H and O–H groups in total. The Hall–Kier alpha value is -1.74. The van der Waals surface area contributed by atoms with Gasteiger partial charge in [-0.3, -0.25) is 0 Å². The highest BCUT2D eigenvalue weighted by atomic mass is 32.2. The van der Waals surface area contributed by atoms with Crippen LogP contribution in [0, 0.1) is 5.82 Å². The van der Waals surface area contributed by atoms with E-state index in [1.807, 2.05) is 30.1 Å². The standard InChI is InChI=1S/C17H14FNS/c18-15-5-3-6-16-14(15)8-9-19(16)11-13-10-12-4-1-2-7-17(12)20-13/h1-9,13H,10-11H2. The molecule has 3 heteroatoms. The molecule has 1 aromatic heterocycles. The van der Waals surface area contributed by atoms with Crippen molar-refractivity contribution in [3.05, 3.63) is 66.1 Å². The summed E-state index contributed by atoms with van der Waals surface area (Å²) in [4.78, 5) is 1.39.